The highest BCUT2D eigenvalue weighted by atomic mass is 32.2. The van der Waals surface area contributed by atoms with Crippen LogP contribution in [0.15, 0.2) is 23.3 Å². The van der Waals surface area contributed by atoms with Crippen molar-refractivity contribution in [1.82, 2.24) is 0 Å². The van der Waals surface area contributed by atoms with Crippen LogP contribution in [0, 0.1) is 57.2 Å². The molecule has 8 aliphatic carbocycles. The maximum absolute atomic E-state index is 13.3. The third-order valence-corrected chi connectivity index (χ3v) is 16.8. The van der Waals surface area contributed by atoms with Crippen molar-refractivity contribution in [3.63, 3.8) is 0 Å². The Bertz CT molecular complexity index is 1240. The van der Waals surface area contributed by atoms with Crippen LogP contribution in [-0.2, 0) is 29.3 Å². The van der Waals surface area contributed by atoms with E-state index in [4.69, 9.17) is 8.37 Å². The van der Waals surface area contributed by atoms with E-state index in [0.29, 0.717) is 47.1 Å². The minimum atomic E-state index is -1.74. The number of fused-ring (bicyclic) bond motifs is 10. The van der Waals surface area contributed by atoms with Crippen molar-refractivity contribution in [2.45, 2.75) is 143 Å². The monoisotopic (exact) mass is 622 g/mol. The average Bonchev–Trinajstić information content (AvgIpc) is 3.47. The van der Waals surface area contributed by atoms with Gasteiger partial charge in [0.25, 0.3) is 0 Å². The van der Waals surface area contributed by atoms with Crippen LogP contribution in [0.2, 0.25) is 0 Å². The van der Waals surface area contributed by atoms with E-state index in [1.807, 2.05) is 0 Å². The molecule has 0 N–H and O–H groups in total. The zero-order chi connectivity index (χ0) is 30.6. The Morgan fingerprint density at radius 1 is 0.591 bits per heavy atom. The molecule has 0 saturated heterocycles. The molecular weight excluding hydrogens is 568 g/mol. The molecule has 0 aliphatic heterocycles. The van der Waals surface area contributed by atoms with Gasteiger partial charge in [-0.2, -0.15) is 4.21 Å². The largest absolute Gasteiger partial charge is 0.305 e. The van der Waals surface area contributed by atoms with Gasteiger partial charge in [-0.25, -0.2) is 0 Å². The van der Waals surface area contributed by atoms with Gasteiger partial charge in [0.2, 0.25) is 0 Å². The lowest BCUT2D eigenvalue weighted by Gasteiger charge is -2.57. The van der Waals surface area contributed by atoms with Crippen LogP contribution in [0.1, 0.15) is 130 Å². The molecule has 44 heavy (non-hydrogen) atoms. The van der Waals surface area contributed by atoms with Gasteiger partial charge in [0.05, 0.1) is 12.2 Å². The number of hydrogen-bond acceptors (Lipinski definition) is 5. The van der Waals surface area contributed by atoms with Crippen molar-refractivity contribution < 1.29 is 22.2 Å². The quantitative estimate of drug-likeness (QED) is 0.295. The van der Waals surface area contributed by atoms with Gasteiger partial charge in [-0.05, 0) is 136 Å². The van der Waals surface area contributed by atoms with Crippen molar-refractivity contribution >= 4 is 22.9 Å². The number of carbonyl (C=O) groups is 2. The molecule has 0 aromatic heterocycles. The van der Waals surface area contributed by atoms with Crippen LogP contribution in [0.25, 0.3) is 0 Å². The summed E-state index contributed by atoms with van der Waals surface area (Å²) in [4.78, 5) is 25.5. The van der Waals surface area contributed by atoms with E-state index in [1.54, 1.807) is 0 Å². The summed E-state index contributed by atoms with van der Waals surface area (Å²) in [6, 6.07) is 0. The topological polar surface area (TPSA) is 69.7 Å². The first-order chi connectivity index (χ1) is 21.0. The third-order valence-electron chi connectivity index (χ3n) is 16.0. The SMILES string of the molecule is C[C@]12CC[C@H](OS(=O)O[C@H]3CC[C@@]4(C)C(=CC[C@@H]5[C@@H]4CC[C@]4(C)C(=O)CC[C@@H]54)C3)CC1=CC[C@@H]1[C@@H]2CC[C@]2(C)C(=O)CC[C@@H]12. The molecule has 0 amide bonds. The highest BCUT2D eigenvalue weighted by Crippen LogP contribution is 2.65. The number of rotatable bonds is 4. The second-order valence-electron chi connectivity index (χ2n) is 17.5. The van der Waals surface area contributed by atoms with Crippen LogP contribution < -0.4 is 0 Å². The standard InChI is InChI=1S/C38H54O5S/c1-35-17-13-25(21-23(35)5-7-27-29-9-11-33(39)37(29,3)19-15-31(27)35)42-44(41)43-26-14-18-36(2)24(22-26)6-8-28-30-10-12-34(40)38(30,4)20-16-32(28)36/h5-6,25-32H,7-22H2,1-4H3/t25-,26-,27-,28-,29-,30-,31-,32-,35-,36-,37-,38-/m0/s1. The highest BCUT2D eigenvalue weighted by molar-refractivity contribution is 7.75. The fourth-order valence-corrected chi connectivity index (χ4v) is 14.0. The molecular formula is C38H54O5S. The summed E-state index contributed by atoms with van der Waals surface area (Å²) in [6.07, 6.45) is 20.9. The summed E-state index contributed by atoms with van der Waals surface area (Å²) in [6.45, 7) is 9.45. The molecule has 0 aromatic carbocycles. The van der Waals surface area contributed by atoms with Gasteiger partial charge in [0.1, 0.15) is 11.6 Å². The summed E-state index contributed by atoms with van der Waals surface area (Å²) in [5.74, 6) is 4.68. The lowest BCUT2D eigenvalue weighted by Crippen LogP contribution is -2.51. The molecule has 8 aliphatic rings. The fraction of sp³-hybridized carbons (Fsp3) is 0.842. The maximum atomic E-state index is 13.3. The molecule has 8 rings (SSSR count). The normalized spacial score (nSPS) is 51.4. The van der Waals surface area contributed by atoms with Crippen molar-refractivity contribution in [3.05, 3.63) is 23.3 Å². The molecule has 0 bridgehead atoms. The van der Waals surface area contributed by atoms with E-state index in [1.165, 1.54) is 11.1 Å². The minimum absolute atomic E-state index is 0.0530. The first-order valence-corrected chi connectivity index (χ1v) is 19.2. The van der Waals surface area contributed by atoms with E-state index in [2.05, 4.69) is 39.8 Å². The summed E-state index contributed by atoms with van der Waals surface area (Å²) in [7, 11) is 0. The smallest absolute Gasteiger partial charge is 0.299 e. The molecule has 0 aromatic rings. The van der Waals surface area contributed by atoms with Gasteiger partial charge in [0, 0.05) is 23.7 Å². The summed E-state index contributed by atoms with van der Waals surface area (Å²) < 4.78 is 25.6. The van der Waals surface area contributed by atoms with Gasteiger partial charge in [-0.1, -0.05) is 51.0 Å². The number of hydrogen-bond donors (Lipinski definition) is 0. The molecule has 6 saturated carbocycles. The molecule has 6 fully saturated rings. The van der Waals surface area contributed by atoms with Crippen LogP contribution in [0.5, 0.6) is 0 Å². The first kappa shape index (κ1) is 30.2. The summed E-state index contributed by atoms with van der Waals surface area (Å²) in [5.41, 5.74) is 3.19. The number of ketones is 2. The number of allylic oxidation sites excluding steroid dienone is 2. The van der Waals surface area contributed by atoms with Crippen molar-refractivity contribution in [2.24, 2.45) is 57.2 Å². The van der Waals surface area contributed by atoms with Gasteiger partial charge in [-0.15, -0.1) is 0 Å². The van der Waals surface area contributed by atoms with Gasteiger partial charge < -0.3 is 0 Å². The summed E-state index contributed by atoms with van der Waals surface area (Å²) in [5, 5.41) is 0. The molecule has 242 valence electrons. The highest BCUT2D eigenvalue weighted by Gasteiger charge is 2.60. The van der Waals surface area contributed by atoms with Crippen molar-refractivity contribution in [2.75, 3.05) is 0 Å². The predicted molar refractivity (Wildman–Crippen MR) is 171 cm³/mol. The maximum Gasteiger partial charge on any atom is 0.305 e. The second kappa shape index (κ2) is 10.4. The first-order valence-electron chi connectivity index (χ1n) is 18.2. The molecule has 0 heterocycles. The van der Waals surface area contributed by atoms with Crippen molar-refractivity contribution in [3.8, 4) is 0 Å². The van der Waals surface area contributed by atoms with Gasteiger partial charge in [-0.3, -0.25) is 18.0 Å². The molecule has 6 heteroatoms. The average molecular weight is 623 g/mol. The van der Waals surface area contributed by atoms with Crippen molar-refractivity contribution in [1.29, 1.82) is 0 Å². The molecule has 5 nitrogen and oxygen atoms in total. The van der Waals surface area contributed by atoms with E-state index in [0.717, 1.165) is 103 Å². The third kappa shape index (κ3) is 4.31. The molecule has 0 unspecified atom stereocenters. The molecule has 0 spiro atoms. The lowest BCUT2D eigenvalue weighted by atomic mass is 9.48. The fourth-order valence-electron chi connectivity index (χ4n) is 13.2. The zero-order valence-corrected chi connectivity index (χ0v) is 28.4. The van der Waals surface area contributed by atoms with Crippen LogP contribution in [-0.4, -0.2) is 28.0 Å². The van der Waals surface area contributed by atoms with Crippen LogP contribution >= 0.6 is 0 Å². The van der Waals surface area contributed by atoms with Crippen LogP contribution in [0.4, 0.5) is 0 Å². The van der Waals surface area contributed by atoms with Crippen LogP contribution in [0.3, 0.4) is 0 Å². The Morgan fingerprint density at radius 3 is 1.41 bits per heavy atom. The Kier molecular flexibility index (Phi) is 7.18. The van der Waals surface area contributed by atoms with E-state index < -0.39 is 11.4 Å². The van der Waals surface area contributed by atoms with Gasteiger partial charge >= 0.3 is 11.4 Å². The Balaban J connectivity index is 0.888. The van der Waals surface area contributed by atoms with E-state index in [-0.39, 0.29) is 33.9 Å². The van der Waals surface area contributed by atoms with Gasteiger partial charge in [0.15, 0.2) is 0 Å². The van der Waals surface area contributed by atoms with E-state index in [9.17, 15) is 13.8 Å². The second-order valence-corrected chi connectivity index (χ2v) is 18.3. The Labute approximate surface area is 267 Å². The number of carbonyl (C=O) groups excluding carboxylic acids is 2. The Morgan fingerprint density at radius 2 is 0.977 bits per heavy atom. The lowest BCUT2D eigenvalue weighted by molar-refractivity contribution is -0.132. The zero-order valence-electron chi connectivity index (χ0n) is 27.5. The predicted octanol–water partition coefficient (Wildman–Crippen LogP) is 8.40. The summed E-state index contributed by atoms with van der Waals surface area (Å²) >= 11 is -1.74. The Hall–Kier alpha value is -1.11. The number of Topliss-reactive ketones (excluding diaryl/α,β-unsaturated/α-hetero) is 2. The molecule has 0 radical (unpaired) electrons. The minimum Gasteiger partial charge on any atom is -0.299 e. The molecule has 12 atom stereocenters. The van der Waals surface area contributed by atoms with E-state index >= 15 is 0 Å².